The molecule has 0 radical (unpaired) electrons. The highest BCUT2D eigenvalue weighted by Crippen LogP contribution is 2.47. The zero-order valence-corrected chi connectivity index (χ0v) is 17.4. The maximum atomic E-state index is 4.83. The third-order valence-electron chi connectivity index (χ3n) is 5.31. The topological polar surface area (TPSA) is 24.7 Å². The predicted octanol–water partition coefficient (Wildman–Crippen LogP) is 7.71. The van der Waals surface area contributed by atoms with E-state index in [-0.39, 0.29) is 11.6 Å². The van der Waals surface area contributed by atoms with E-state index >= 15 is 0 Å². The van der Waals surface area contributed by atoms with Crippen LogP contribution in [0.2, 0.25) is 0 Å². The van der Waals surface area contributed by atoms with E-state index in [9.17, 15) is 0 Å². The van der Waals surface area contributed by atoms with E-state index < -0.39 is 0 Å². The molecule has 2 heteroatoms. The molecule has 3 aromatic rings. The molecule has 2 unspecified atom stereocenters. The van der Waals surface area contributed by atoms with Crippen LogP contribution in [0.3, 0.4) is 0 Å². The first-order valence-electron chi connectivity index (χ1n) is 10.3. The van der Waals surface area contributed by atoms with Crippen molar-refractivity contribution in [3.63, 3.8) is 0 Å². The molecule has 2 nitrogen and oxygen atoms in total. The largest absolute Gasteiger partial charge is 0.188 e. The molecule has 2 atom stereocenters. The van der Waals surface area contributed by atoms with Crippen molar-refractivity contribution in [2.75, 3.05) is 0 Å². The van der Waals surface area contributed by atoms with Gasteiger partial charge in [-0.1, -0.05) is 91.0 Å². The summed E-state index contributed by atoms with van der Waals surface area (Å²) in [5.41, 5.74) is 6.40. The summed E-state index contributed by atoms with van der Waals surface area (Å²) >= 11 is 0. The normalized spacial score (nSPS) is 17.2. The molecule has 0 saturated carbocycles. The monoisotopic (exact) mass is 380 g/mol. The minimum Gasteiger partial charge on any atom is -0.188 e. The highest BCUT2D eigenvalue weighted by Gasteiger charge is 2.29. The summed E-state index contributed by atoms with van der Waals surface area (Å²) in [4.78, 5) is 0. The third kappa shape index (κ3) is 4.54. The highest BCUT2D eigenvalue weighted by molar-refractivity contribution is 5.91. The number of fused-ring (bicyclic) bond motifs is 1. The Balaban J connectivity index is 1.73. The molecule has 0 saturated heterocycles. The molecular weight excluding hydrogens is 352 g/mol. The Labute approximate surface area is 174 Å². The van der Waals surface area contributed by atoms with Crippen LogP contribution in [0.15, 0.2) is 95.2 Å². The lowest BCUT2D eigenvalue weighted by Gasteiger charge is -2.22. The van der Waals surface area contributed by atoms with Crippen LogP contribution in [-0.2, 0) is 0 Å². The van der Waals surface area contributed by atoms with Gasteiger partial charge in [0.05, 0.1) is 11.6 Å². The molecule has 0 aromatic heterocycles. The maximum absolute atomic E-state index is 4.83. The average molecular weight is 381 g/mol. The molecule has 1 aliphatic carbocycles. The number of hydrogen-bond donors (Lipinski definition) is 0. The summed E-state index contributed by atoms with van der Waals surface area (Å²) in [6.07, 6.45) is 3.25. The van der Waals surface area contributed by atoms with Crippen LogP contribution in [0.25, 0.3) is 11.6 Å². The number of benzene rings is 3. The molecule has 4 rings (SSSR count). The summed E-state index contributed by atoms with van der Waals surface area (Å²) in [6, 6.07) is 30.0. The van der Waals surface area contributed by atoms with Gasteiger partial charge in [0.25, 0.3) is 0 Å². The van der Waals surface area contributed by atoms with Gasteiger partial charge in [0.2, 0.25) is 0 Å². The quantitative estimate of drug-likeness (QED) is 0.405. The number of rotatable bonds is 5. The third-order valence-corrected chi connectivity index (χ3v) is 5.31. The molecule has 0 amide bonds. The Morgan fingerprint density at radius 2 is 1.41 bits per heavy atom. The lowest BCUT2D eigenvalue weighted by molar-refractivity contribution is 0.494. The molecular formula is C27H28N2. The zero-order chi connectivity index (χ0) is 20.3. The van der Waals surface area contributed by atoms with Gasteiger partial charge in [0, 0.05) is 5.92 Å². The van der Waals surface area contributed by atoms with Crippen molar-refractivity contribution in [3.8, 4) is 0 Å². The zero-order valence-electron chi connectivity index (χ0n) is 17.4. The molecule has 0 aliphatic heterocycles. The van der Waals surface area contributed by atoms with Gasteiger partial charge in [-0.3, -0.25) is 0 Å². The first kappa shape index (κ1) is 19.3. The average Bonchev–Trinajstić information content (AvgIpc) is 3.10. The van der Waals surface area contributed by atoms with Crippen molar-refractivity contribution in [1.82, 2.24) is 0 Å². The van der Waals surface area contributed by atoms with Gasteiger partial charge in [0.15, 0.2) is 0 Å². The van der Waals surface area contributed by atoms with Crippen molar-refractivity contribution in [3.05, 3.63) is 107 Å². The standard InChI is InChI=1S/C27H28N2/c1-27(2,3)29-28-26(21-14-8-5-9-15-21)19-25-23-17-11-10-16-22(23)18-24(25)20-12-6-4-7-13-20/h4-18,25-26H,19H2,1-3H3. The number of allylic oxidation sites excluding steroid dienone is 1. The Morgan fingerprint density at radius 1 is 0.793 bits per heavy atom. The molecule has 1 aliphatic rings. The van der Waals surface area contributed by atoms with Gasteiger partial charge in [-0.25, -0.2) is 0 Å². The Morgan fingerprint density at radius 3 is 2.10 bits per heavy atom. The first-order chi connectivity index (χ1) is 14.0. The molecule has 0 heterocycles. The van der Waals surface area contributed by atoms with Crippen LogP contribution < -0.4 is 0 Å². The van der Waals surface area contributed by atoms with Crippen LogP contribution in [-0.4, -0.2) is 5.54 Å². The van der Waals surface area contributed by atoms with Crippen LogP contribution in [0.1, 0.15) is 61.4 Å². The van der Waals surface area contributed by atoms with E-state index in [1.807, 2.05) is 0 Å². The van der Waals surface area contributed by atoms with Crippen molar-refractivity contribution < 1.29 is 0 Å². The number of azo groups is 1. The van der Waals surface area contributed by atoms with Crippen LogP contribution in [0.5, 0.6) is 0 Å². The van der Waals surface area contributed by atoms with Gasteiger partial charge in [-0.05, 0) is 55.0 Å². The van der Waals surface area contributed by atoms with Gasteiger partial charge in [0.1, 0.15) is 0 Å². The van der Waals surface area contributed by atoms with E-state index in [2.05, 4.69) is 117 Å². The summed E-state index contributed by atoms with van der Waals surface area (Å²) in [7, 11) is 0. The lowest BCUT2D eigenvalue weighted by atomic mass is 9.84. The molecule has 0 fully saturated rings. The van der Waals surface area contributed by atoms with Gasteiger partial charge < -0.3 is 0 Å². The molecule has 146 valence electrons. The van der Waals surface area contributed by atoms with Crippen molar-refractivity contribution in [2.24, 2.45) is 10.2 Å². The first-order valence-corrected chi connectivity index (χ1v) is 10.3. The van der Waals surface area contributed by atoms with Crippen molar-refractivity contribution >= 4 is 11.6 Å². The Hall–Kier alpha value is -3.00. The summed E-state index contributed by atoms with van der Waals surface area (Å²) < 4.78 is 0. The summed E-state index contributed by atoms with van der Waals surface area (Å²) in [5, 5.41) is 9.46. The van der Waals surface area contributed by atoms with E-state index in [0.717, 1.165) is 6.42 Å². The second-order valence-corrected chi connectivity index (χ2v) is 8.70. The molecule has 0 N–H and O–H groups in total. The Bertz CT molecular complexity index is 1010. The smallest absolute Gasteiger partial charge is 0.0966 e. The van der Waals surface area contributed by atoms with Crippen LogP contribution >= 0.6 is 0 Å². The highest BCUT2D eigenvalue weighted by atomic mass is 15.2. The fraction of sp³-hybridized carbons (Fsp3) is 0.259. The van der Waals surface area contributed by atoms with E-state index in [4.69, 9.17) is 5.11 Å². The van der Waals surface area contributed by atoms with Gasteiger partial charge in [-0.15, -0.1) is 0 Å². The van der Waals surface area contributed by atoms with Crippen LogP contribution in [0, 0.1) is 0 Å². The second-order valence-electron chi connectivity index (χ2n) is 8.70. The van der Waals surface area contributed by atoms with Gasteiger partial charge in [-0.2, -0.15) is 10.2 Å². The second kappa shape index (κ2) is 8.16. The molecule has 0 spiro atoms. The van der Waals surface area contributed by atoms with E-state index in [0.29, 0.717) is 5.92 Å². The van der Waals surface area contributed by atoms with Crippen molar-refractivity contribution in [1.29, 1.82) is 0 Å². The van der Waals surface area contributed by atoms with Crippen molar-refractivity contribution in [2.45, 2.75) is 44.7 Å². The Kier molecular flexibility index (Phi) is 5.44. The van der Waals surface area contributed by atoms with Crippen LogP contribution in [0.4, 0.5) is 0 Å². The molecule has 3 aromatic carbocycles. The van der Waals surface area contributed by atoms with Gasteiger partial charge >= 0.3 is 0 Å². The molecule has 0 bridgehead atoms. The van der Waals surface area contributed by atoms with E-state index in [1.54, 1.807) is 0 Å². The SMILES string of the molecule is CC(C)(C)N=NC(CC1C(c2ccccc2)=Cc2ccccc21)c1ccccc1. The maximum Gasteiger partial charge on any atom is 0.0966 e. The molecule has 29 heavy (non-hydrogen) atoms. The number of hydrogen-bond acceptors (Lipinski definition) is 2. The van der Waals surface area contributed by atoms with E-state index in [1.165, 1.54) is 27.8 Å². The lowest BCUT2D eigenvalue weighted by Crippen LogP contribution is -2.10. The fourth-order valence-electron chi connectivity index (χ4n) is 3.96. The minimum atomic E-state index is -0.182. The minimum absolute atomic E-state index is 0.0266. The summed E-state index contributed by atoms with van der Waals surface area (Å²) in [6.45, 7) is 6.29. The summed E-state index contributed by atoms with van der Waals surface area (Å²) in [5.74, 6) is 0.303. The number of nitrogens with zero attached hydrogens (tertiary/aromatic N) is 2. The predicted molar refractivity (Wildman–Crippen MR) is 122 cm³/mol. The fourth-order valence-corrected chi connectivity index (χ4v) is 3.96.